The molecule has 0 spiro atoms. The molecule has 0 atom stereocenters. The number of rotatable bonds is 6. The number of carbonyl (C=O) groups excluding carboxylic acids is 1. The lowest BCUT2D eigenvalue weighted by Gasteiger charge is -2.32. The predicted octanol–water partition coefficient (Wildman–Crippen LogP) is 4.35. The van der Waals surface area contributed by atoms with Crippen LogP contribution < -0.4 is 15.4 Å². The Morgan fingerprint density at radius 2 is 1.89 bits per heavy atom. The smallest absolute Gasteiger partial charge is 0.319 e. The standard InChI is InChI=1S/C23H31N3O2/c1-17-8-9-22(28-3)21(14-17)25-23(27)24-15-19-10-12-26(13-11-19)16-20-7-5-4-6-18(20)2/h4-9,14,19H,10-13,15-16H2,1-3H3,(H2,24,25,27). The molecule has 0 bridgehead atoms. The van der Waals surface area contributed by atoms with Crippen molar-refractivity contribution in [3.8, 4) is 5.75 Å². The third-order valence-electron chi connectivity index (χ3n) is 5.52. The van der Waals surface area contributed by atoms with Gasteiger partial charge < -0.3 is 15.4 Å². The average molecular weight is 382 g/mol. The molecule has 2 N–H and O–H groups in total. The maximum Gasteiger partial charge on any atom is 0.319 e. The van der Waals surface area contributed by atoms with Crippen molar-refractivity contribution < 1.29 is 9.53 Å². The van der Waals surface area contributed by atoms with E-state index in [9.17, 15) is 4.79 Å². The van der Waals surface area contributed by atoms with Crippen LogP contribution >= 0.6 is 0 Å². The van der Waals surface area contributed by atoms with Crippen LogP contribution in [-0.4, -0.2) is 37.7 Å². The van der Waals surface area contributed by atoms with Crippen molar-refractivity contribution in [2.75, 3.05) is 32.1 Å². The molecule has 1 heterocycles. The first-order chi connectivity index (χ1) is 13.5. The first-order valence-corrected chi connectivity index (χ1v) is 10.0. The summed E-state index contributed by atoms with van der Waals surface area (Å²) in [4.78, 5) is 14.8. The quantitative estimate of drug-likeness (QED) is 0.782. The Bertz CT molecular complexity index is 798. The highest BCUT2D eigenvalue weighted by Gasteiger charge is 2.20. The first-order valence-electron chi connectivity index (χ1n) is 10.0. The van der Waals surface area contributed by atoms with Crippen molar-refractivity contribution in [2.24, 2.45) is 5.92 Å². The van der Waals surface area contributed by atoms with Gasteiger partial charge in [-0.05, 0) is 74.5 Å². The van der Waals surface area contributed by atoms with Crippen LogP contribution in [0.4, 0.5) is 10.5 Å². The van der Waals surface area contributed by atoms with E-state index in [0.29, 0.717) is 23.9 Å². The van der Waals surface area contributed by atoms with Crippen molar-refractivity contribution in [1.82, 2.24) is 10.2 Å². The second-order valence-corrected chi connectivity index (χ2v) is 7.68. The number of nitrogens with one attached hydrogen (secondary N) is 2. The molecule has 0 unspecified atom stereocenters. The van der Waals surface area contributed by atoms with E-state index in [2.05, 4.69) is 46.7 Å². The summed E-state index contributed by atoms with van der Waals surface area (Å²) in [6, 6.07) is 14.2. The van der Waals surface area contributed by atoms with Crippen molar-refractivity contribution in [3.05, 3.63) is 59.2 Å². The second-order valence-electron chi connectivity index (χ2n) is 7.68. The van der Waals surface area contributed by atoms with E-state index >= 15 is 0 Å². The van der Waals surface area contributed by atoms with Gasteiger partial charge in [0, 0.05) is 13.1 Å². The number of piperidine rings is 1. The lowest BCUT2D eigenvalue weighted by molar-refractivity contribution is 0.175. The molecule has 0 saturated carbocycles. The van der Waals surface area contributed by atoms with Gasteiger partial charge in [-0.2, -0.15) is 0 Å². The van der Waals surface area contributed by atoms with E-state index in [1.165, 1.54) is 11.1 Å². The Kier molecular flexibility index (Phi) is 6.93. The van der Waals surface area contributed by atoms with E-state index in [-0.39, 0.29) is 6.03 Å². The first kappa shape index (κ1) is 20.2. The number of amides is 2. The Morgan fingerprint density at radius 3 is 2.61 bits per heavy atom. The van der Waals surface area contributed by atoms with E-state index < -0.39 is 0 Å². The number of benzene rings is 2. The Hall–Kier alpha value is -2.53. The van der Waals surface area contributed by atoms with E-state index in [4.69, 9.17) is 4.74 Å². The van der Waals surface area contributed by atoms with Gasteiger partial charge in [0.15, 0.2) is 0 Å². The normalized spacial score (nSPS) is 15.2. The zero-order valence-corrected chi connectivity index (χ0v) is 17.1. The number of hydrogen-bond acceptors (Lipinski definition) is 3. The summed E-state index contributed by atoms with van der Waals surface area (Å²) in [6.07, 6.45) is 2.22. The van der Waals surface area contributed by atoms with Crippen LogP contribution in [0.25, 0.3) is 0 Å². The van der Waals surface area contributed by atoms with Crippen molar-refractivity contribution >= 4 is 11.7 Å². The van der Waals surface area contributed by atoms with Gasteiger partial charge in [0.05, 0.1) is 12.8 Å². The summed E-state index contributed by atoms with van der Waals surface area (Å²) >= 11 is 0. The maximum atomic E-state index is 12.3. The number of methoxy groups -OCH3 is 1. The van der Waals surface area contributed by atoms with Crippen molar-refractivity contribution in [3.63, 3.8) is 0 Å². The zero-order valence-electron chi connectivity index (χ0n) is 17.1. The van der Waals surface area contributed by atoms with Crippen LogP contribution in [0.2, 0.25) is 0 Å². The minimum Gasteiger partial charge on any atom is -0.495 e. The molecule has 1 fully saturated rings. The van der Waals surface area contributed by atoms with Gasteiger partial charge in [-0.3, -0.25) is 4.90 Å². The monoisotopic (exact) mass is 381 g/mol. The number of urea groups is 1. The molecule has 0 radical (unpaired) electrons. The van der Waals surface area contributed by atoms with Gasteiger partial charge in [0.25, 0.3) is 0 Å². The lowest BCUT2D eigenvalue weighted by atomic mass is 9.96. The fourth-order valence-corrected chi connectivity index (χ4v) is 3.70. The minimum atomic E-state index is -0.175. The fraction of sp³-hybridized carbons (Fsp3) is 0.435. The highest BCUT2D eigenvalue weighted by Crippen LogP contribution is 2.25. The zero-order chi connectivity index (χ0) is 19.9. The summed E-state index contributed by atoms with van der Waals surface area (Å²) in [5.74, 6) is 1.20. The number of aryl methyl sites for hydroxylation is 2. The van der Waals surface area contributed by atoms with Gasteiger partial charge in [0.2, 0.25) is 0 Å². The molecule has 0 aromatic heterocycles. The number of ether oxygens (including phenoxy) is 1. The van der Waals surface area contributed by atoms with Crippen LogP contribution in [0.15, 0.2) is 42.5 Å². The molecule has 150 valence electrons. The molecule has 3 rings (SSSR count). The maximum absolute atomic E-state index is 12.3. The number of anilines is 1. The average Bonchev–Trinajstić information content (AvgIpc) is 2.69. The molecular formula is C23H31N3O2. The fourth-order valence-electron chi connectivity index (χ4n) is 3.70. The minimum absolute atomic E-state index is 0.175. The van der Waals surface area contributed by atoms with Gasteiger partial charge in [-0.25, -0.2) is 4.79 Å². The van der Waals surface area contributed by atoms with Crippen molar-refractivity contribution in [2.45, 2.75) is 33.2 Å². The largest absolute Gasteiger partial charge is 0.495 e. The van der Waals surface area contributed by atoms with Crippen molar-refractivity contribution in [1.29, 1.82) is 0 Å². The molecule has 5 heteroatoms. The predicted molar refractivity (Wildman–Crippen MR) is 114 cm³/mol. The molecule has 28 heavy (non-hydrogen) atoms. The molecule has 2 aromatic rings. The molecule has 2 aromatic carbocycles. The summed E-state index contributed by atoms with van der Waals surface area (Å²) in [7, 11) is 1.61. The molecule has 2 amide bonds. The Labute approximate surface area is 168 Å². The second kappa shape index (κ2) is 9.60. The Balaban J connectivity index is 1.42. The summed E-state index contributed by atoms with van der Waals surface area (Å²) < 4.78 is 5.32. The summed E-state index contributed by atoms with van der Waals surface area (Å²) in [5, 5.41) is 5.93. The number of likely N-dealkylation sites (tertiary alicyclic amines) is 1. The molecule has 1 aliphatic heterocycles. The lowest BCUT2D eigenvalue weighted by Crippen LogP contribution is -2.39. The molecular weight excluding hydrogens is 350 g/mol. The summed E-state index contributed by atoms with van der Waals surface area (Å²) in [6.45, 7) is 8.04. The van der Waals surface area contributed by atoms with Gasteiger partial charge in [0.1, 0.15) is 5.75 Å². The van der Waals surface area contributed by atoms with E-state index in [0.717, 1.165) is 38.0 Å². The highest BCUT2D eigenvalue weighted by molar-refractivity contribution is 5.91. The van der Waals surface area contributed by atoms with E-state index in [1.54, 1.807) is 7.11 Å². The van der Waals surface area contributed by atoms with Crippen LogP contribution in [0.3, 0.4) is 0 Å². The summed E-state index contributed by atoms with van der Waals surface area (Å²) in [5.41, 5.74) is 4.55. The SMILES string of the molecule is COc1ccc(C)cc1NC(=O)NCC1CCN(Cc2ccccc2C)CC1. The van der Waals surface area contributed by atoms with Crippen LogP contribution in [0.5, 0.6) is 5.75 Å². The van der Waals surface area contributed by atoms with Gasteiger partial charge >= 0.3 is 6.03 Å². The molecule has 1 saturated heterocycles. The molecule has 5 nitrogen and oxygen atoms in total. The van der Waals surface area contributed by atoms with Gasteiger partial charge in [-0.1, -0.05) is 30.3 Å². The third-order valence-corrected chi connectivity index (χ3v) is 5.52. The van der Waals surface area contributed by atoms with Crippen LogP contribution in [0.1, 0.15) is 29.5 Å². The van der Waals surface area contributed by atoms with E-state index in [1.807, 2.05) is 25.1 Å². The highest BCUT2D eigenvalue weighted by atomic mass is 16.5. The third kappa shape index (κ3) is 5.49. The topological polar surface area (TPSA) is 53.6 Å². The number of hydrogen-bond donors (Lipinski definition) is 2. The number of nitrogens with zero attached hydrogens (tertiary/aromatic N) is 1. The van der Waals surface area contributed by atoms with Crippen LogP contribution in [0, 0.1) is 19.8 Å². The van der Waals surface area contributed by atoms with Gasteiger partial charge in [-0.15, -0.1) is 0 Å². The van der Waals surface area contributed by atoms with Crippen LogP contribution in [-0.2, 0) is 6.54 Å². The number of carbonyl (C=O) groups is 1. The molecule has 0 aliphatic carbocycles. The molecule has 1 aliphatic rings. The Morgan fingerprint density at radius 1 is 1.14 bits per heavy atom.